The van der Waals surface area contributed by atoms with Crippen molar-refractivity contribution in [2.45, 2.75) is 13.2 Å². The van der Waals surface area contributed by atoms with E-state index in [9.17, 15) is 4.79 Å². The van der Waals surface area contributed by atoms with Crippen molar-refractivity contribution in [3.05, 3.63) is 47.2 Å². The van der Waals surface area contributed by atoms with Gasteiger partial charge in [0.2, 0.25) is 0 Å². The molecule has 7 heteroatoms. The number of ether oxygens (including phenoxy) is 3. The molecule has 0 bridgehead atoms. The summed E-state index contributed by atoms with van der Waals surface area (Å²) < 4.78 is 15.6. The maximum Gasteiger partial charge on any atom is 0.343 e. The Morgan fingerprint density at radius 3 is 2.55 bits per heavy atom. The molecule has 0 aliphatic carbocycles. The number of carbonyl (C=O) groups is 1. The topological polar surface area (TPSA) is 99.5 Å². The average molecular weight is 305 g/mol. The van der Waals surface area contributed by atoms with Gasteiger partial charge in [-0.25, -0.2) is 4.79 Å². The van der Waals surface area contributed by atoms with Gasteiger partial charge in [0.05, 0.1) is 39.2 Å². The Kier molecular flexibility index (Phi) is 5.93. The first-order chi connectivity index (χ1) is 10.7. The summed E-state index contributed by atoms with van der Waals surface area (Å²) in [6.07, 6.45) is 0. The van der Waals surface area contributed by atoms with E-state index in [-0.39, 0.29) is 18.0 Å². The minimum atomic E-state index is -0.537. The van der Waals surface area contributed by atoms with Crippen LogP contribution in [0.3, 0.4) is 0 Å². The lowest BCUT2D eigenvalue weighted by Crippen LogP contribution is -2.09. The van der Waals surface area contributed by atoms with Gasteiger partial charge in [0.15, 0.2) is 5.82 Å². The van der Waals surface area contributed by atoms with Gasteiger partial charge < -0.3 is 19.9 Å². The van der Waals surface area contributed by atoms with Crippen molar-refractivity contribution in [1.82, 2.24) is 10.2 Å². The maximum absolute atomic E-state index is 11.6. The molecule has 3 N–H and O–H groups in total. The van der Waals surface area contributed by atoms with Gasteiger partial charge in [-0.1, -0.05) is 30.3 Å². The first-order valence-electron chi connectivity index (χ1n) is 6.82. The number of nitrogen functional groups attached to an aromatic ring is 1. The molecule has 118 valence electrons. The van der Waals surface area contributed by atoms with Gasteiger partial charge in [-0.2, -0.15) is 5.10 Å². The molecule has 1 aromatic heterocycles. The van der Waals surface area contributed by atoms with E-state index in [1.807, 2.05) is 30.3 Å². The van der Waals surface area contributed by atoms with E-state index in [2.05, 4.69) is 14.9 Å². The summed E-state index contributed by atoms with van der Waals surface area (Å²) >= 11 is 0. The van der Waals surface area contributed by atoms with Gasteiger partial charge in [0.1, 0.15) is 5.56 Å². The van der Waals surface area contributed by atoms with Crippen molar-refractivity contribution in [3.8, 4) is 0 Å². The maximum atomic E-state index is 11.6. The summed E-state index contributed by atoms with van der Waals surface area (Å²) in [6, 6.07) is 9.88. The molecule has 0 aliphatic heterocycles. The molecular formula is C15H19N3O4. The third-order valence-corrected chi connectivity index (χ3v) is 2.99. The molecule has 2 rings (SSSR count). The zero-order chi connectivity index (χ0) is 15.8. The van der Waals surface area contributed by atoms with Crippen LogP contribution >= 0.6 is 0 Å². The van der Waals surface area contributed by atoms with Gasteiger partial charge in [-0.3, -0.25) is 5.10 Å². The van der Waals surface area contributed by atoms with E-state index in [0.717, 1.165) is 5.56 Å². The van der Waals surface area contributed by atoms with Crippen LogP contribution in [0.4, 0.5) is 5.82 Å². The van der Waals surface area contributed by atoms with Crippen LogP contribution in [0.25, 0.3) is 0 Å². The second-order valence-electron chi connectivity index (χ2n) is 4.54. The zero-order valence-electron chi connectivity index (χ0n) is 12.4. The molecule has 0 aliphatic rings. The third-order valence-electron chi connectivity index (χ3n) is 2.99. The molecule has 2 aromatic rings. The van der Waals surface area contributed by atoms with Crippen molar-refractivity contribution >= 4 is 11.8 Å². The van der Waals surface area contributed by atoms with Gasteiger partial charge in [0.25, 0.3) is 0 Å². The summed E-state index contributed by atoms with van der Waals surface area (Å²) in [7, 11) is 1.29. The fraction of sp³-hybridized carbons (Fsp3) is 0.333. The first-order valence-corrected chi connectivity index (χ1v) is 6.82. The number of carbonyl (C=O) groups excluding carboxylic acids is 1. The molecule has 0 spiro atoms. The Bertz CT molecular complexity index is 598. The number of esters is 1. The summed E-state index contributed by atoms with van der Waals surface area (Å²) in [6.45, 7) is 1.57. The van der Waals surface area contributed by atoms with E-state index in [0.29, 0.717) is 25.5 Å². The Labute approximate surface area is 128 Å². The van der Waals surface area contributed by atoms with Crippen molar-refractivity contribution in [3.63, 3.8) is 0 Å². The molecule has 0 atom stereocenters. The predicted octanol–water partition coefficient (Wildman–Crippen LogP) is 1.51. The highest BCUT2D eigenvalue weighted by molar-refractivity contribution is 5.95. The minimum absolute atomic E-state index is 0.103. The van der Waals surface area contributed by atoms with Crippen LogP contribution in [0.2, 0.25) is 0 Å². The van der Waals surface area contributed by atoms with Crippen LogP contribution in [-0.2, 0) is 27.4 Å². The van der Waals surface area contributed by atoms with Crippen molar-refractivity contribution in [2.24, 2.45) is 0 Å². The second kappa shape index (κ2) is 8.16. The molecule has 0 saturated carbocycles. The summed E-state index contributed by atoms with van der Waals surface area (Å²) in [5, 5.41) is 6.45. The average Bonchev–Trinajstić information content (AvgIpc) is 2.92. The number of nitrogens with two attached hydrogens (primary N) is 1. The van der Waals surface area contributed by atoms with Crippen LogP contribution in [0.5, 0.6) is 0 Å². The molecule has 1 aromatic carbocycles. The van der Waals surface area contributed by atoms with Crippen LogP contribution in [-0.4, -0.2) is 36.5 Å². The number of aromatic nitrogens is 2. The molecule has 0 radical (unpaired) electrons. The molecule has 0 amide bonds. The van der Waals surface area contributed by atoms with E-state index in [1.165, 1.54) is 7.11 Å². The molecule has 22 heavy (non-hydrogen) atoms. The molecule has 1 heterocycles. The van der Waals surface area contributed by atoms with Crippen LogP contribution in [0.15, 0.2) is 30.3 Å². The van der Waals surface area contributed by atoms with Gasteiger partial charge in [0, 0.05) is 0 Å². The number of nitrogens with one attached hydrogen (secondary N) is 1. The Morgan fingerprint density at radius 2 is 1.86 bits per heavy atom. The largest absolute Gasteiger partial charge is 0.465 e. The lowest BCUT2D eigenvalue weighted by molar-refractivity contribution is 0.0321. The normalized spacial score (nSPS) is 10.6. The Hall–Kier alpha value is -2.38. The van der Waals surface area contributed by atoms with E-state index in [1.54, 1.807) is 0 Å². The fourth-order valence-corrected chi connectivity index (χ4v) is 1.88. The zero-order valence-corrected chi connectivity index (χ0v) is 12.4. The number of aromatic amines is 1. The number of hydrogen-bond acceptors (Lipinski definition) is 6. The van der Waals surface area contributed by atoms with Crippen LogP contribution in [0, 0.1) is 0 Å². The lowest BCUT2D eigenvalue weighted by atomic mass is 10.2. The summed E-state index contributed by atoms with van der Waals surface area (Å²) in [5.41, 5.74) is 7.43. The minimum Gasteiger partial charge on any atom is -0.465 e. The molecule has 0 saturated heterocycles. The molecular weight excluding hydrogens is 286 g/mol. The number of benzene rings is 1. The molecule has 0 fully saturated rings. The van der Waals surface area contributed by atoms with Crippen molar-refractivity contribution in [1.29, 1.82) is 0 Å². The monoisotopic (exact) mass is 305 g/mol. The Balaban J connectivity index is 1.70. The number of nitrogens with zero attached hydrogens (tertiary/aromatic N) is 1. The first kappa shape index (κ1) is 16.0. The number of methoxy groups -OCH3 is 1. The van der Waals surface area contributed by atoms with Gasteiger partial charge in [-0.05, 0) is 5.56 Å². The predicted molar refractivity (Wildman–Crippen MR) is 80.1 cm³/mol. The van der Waals surface area contributed by atoms with E-state index in [4.69, 9.17) is 15.2 Å². The van der Waals surface area contributed by atoms with E-state index < -0.39 is 5.97 Å². The molecule has 7 nitrogen and oxygen atoms in total. The fourth-order valence-electron chi connectivity index (χ4n) is 1.88. The lowest BCUT2D eigenvalue weighted by Gasteiger charge is -2.06. The summed E-state index contributed by atoms with van der Waals surface area (Å²) in [5.74, 6) is -0.434. The van der Waals surface area contributed by atoms with Gasteiger partial charge in [-0.15, -0.1) is 0 Å². The SMILES string of the molecule is COC(=O)c1c(N)n[nH]c1COCCOCc1ccccc1. The number of hydrogen-bond donors (Lipinski definition) is 2. The third kappa shape index (κ3) is 4.31. The smallest absolute Gasteiger partial charge is 0.343 e. The van der Waals surface area contributed by atoms with Crippen molar-refractivity contribution in [2.75, 3.05) is 26.1 Å². The summed E-state index contributed by atoms with van der Waals surface area (Å²) in [4.78, 5) is 11.6. The Morgan fingerprint density at radius 1 is 1.18 bits per heavy atom. The van der Waals surface area contributed by atoms with Crippen molar-refractivity contribution < 1.29 is 19.0 Å². The highest BCUT2D eigenvalue weighted by Gasteiger charge is 2.19. The second-order valence-corrected chi connectivity index (χ2v) is 4.54. The number of H-pyrrole nitrogens is 1. The standard InChI is InChI=1S/C15H19N3O4/c1-20-15(19)13-12(17-18-14(13)16)10-22-8-7-21-9-11-5-3-2-4-6-11/h2-6H,7-10H2,1H3,(H3,16,17,18). The highest BCUT2D eigenvalue weighted by Crippen LogP contribution is 2.15. The number of anilines is 1. The van der Waals surface area contributed by atoms with Crippen LogP contribution in [0.1, 0.15) is 21.6 Å². The van der Waals surface area contributed by atoms with Gasteiger partial charge >= 0.3 is 5.97 Å². The van der Waals surface area contributed by atoms with E-state index >= 15 is 0 Å². The molecule has 0 unspecified atom stereocenters. The quantitative estimate of drug-likeness (QED) is 0.566. The van der Waals surface area contributed by atoms with Crippen LogP contribution < -0.4 is 5.73 Å². The highest BCUT2D eigenvalue weighted by atomic mass is 16.5. The number of rotatable bonds is 8.